The lowest BCUT2D eigenvalue weighted by molar-refractivity contribution is -0.00277. The molecule has 1 fully saturated rings. The third kappa shape index (κ3) is 2.66. The molecule has 1 saturated heterocycles. The molecule has 16 heavy (non-hydrogen) atoms. The maximum absolute atomic E-state index is 8.78. The number of morpholine rings is 1. The van der Waals surface area contributed by atoms with Gasteiger partial charge in [0.2, 0.25) is 5.13 Å². The van der Waals surface area contributed by atoms with Crippen molar-refractivity contribution in [3.63, 3.8) is 0 Å². The molecule has 6 nitrogen and oxygen atoms in total. The van der Waals surface area contributed by atoms with Crippen LogP contribution in [0.2, 0.25) is 0 Å². The molecular formula is C9H13N5OS. The van der Waals surface area contributed by atoms with Gasteiger partial charge >= 0.3 is 0 Å². The zero-order valence-electron chi connectivity index (χ0n) is 9.01. The van der Waals surface area contributed by atoms with E-state index in [2.05, 4.69) is 26.5 Å². The minimum Gasteiger partial charge on any atom is -0.363 e. The van der Waals surface area contributed by atoms with E-state index >= 15 is 0 Å². The molecule has 0 bridgehead atoms. The quantitative estimate of drug-likeness (QED) is 0.818. The first-order chi connectivity index (χ1) is 7.81. The second-order valence-electron chi connectivity index (χ2n) is 3.47. The summed E-state index contributed by atoms with van der Waals surface area (Å²) in [6, 6.07) is 2.13. The van der Waals surface area contributed by atoms with Gasteiger partial charge in [0.15, 0.2) is 6.10 Å². The number of ether oxygens (including phenoxy) is 1. The van der Waals surface area contributed by atoms with Gasteiger partial charge in [0.25, 0.3) is 0 Å². The molecule has 86 valence electrons. The molecular weight excluding hydrogens is 226 g/mol. The zero-order chi connectivity index (χ0) is 11.4. The Bertz CT molecular complexity index is 387. The van der Waals surface area contributed by atoms with Gasteiger partial charge in [-0.1, -0.05) is 11.3 Å². The highest BCUT2D eigenvalue weighted by Crippen LogP contribution is 2.17. The lowest BCUT2D eigenvalue weighted by Gasteiger charge is -2.28. The van der Waals surface area contributed by atoms with Gasteiger partial charge in [-0.15, -0.1) is 10.2 Å². The van der Waals surface area contributed by atoms with Crippen molar-refractivity contribution in [3.05, 3.63) is 5.01 Å². The maximum Gasteiger partial charge on any atom is 0.205 e. The number of nitrogens with one attached hydrogen (secondary N) is 1. The summed E-state index contributed by atoms with van der Waals surface area (Å²) >= 11 is 1.54. The highest BCUT2D eigenvalue weighted by molar-refractivity contribution is 7.15. The van der Waals surface area contributed by atoms with Crippen molar-refractivity contribution in [3.8, 4) is 6.07 Å². The summed E-state index contributed by atoms with van der Waals surface area (Å²) in [5.74, 6) is 0. The molecule has 0 amide bonds. The van der Waals surface area contributed by atoms with Crippen molar-refractivity contribution in [1.29, 1.82) is 5.26 Å². The SMILES string of the molecule is CNc1nnc(CN2CCOC(C#N)C2)s1. The summed E-state index contributed by atoms with van der Waals surface area (Å²) in [4.78, 5) is 2.16. The summed E-state index contributed by atoms with van der Waals surface area (Å²) in [5, 5.41) is 21.6. The zero-order valence-corrected chi connectivity index (χ0v) is 9.83. The van der Waals surface area contributed by atoms with Crippen LogP contribution in [0.3, 0.4) is 0 Å². The average molecular weight is 239 g/mol. The number of rotatable bonds is 3. The van der Waals surface area contributed by atoms with E-state index in [-0.39, 0.29) is 6.10 Å². The van der Waals surface area contributed by atoms with Crippen LogP contribution in [-0.4, -0.2) is 47.9 Å². The van der Waals surface area contributed by atoms with E-state index < -0.39 is 0 Å². The average Bonchev–Trinajstić information content (AvgIpc) is 2.77. The van der Waals surface area contributed by atoms with Crippen molar-refractivity contribution >= 4 is 16.5 Å². The number of anilines is 1. The fourth-order valence-electron chi connectivity index (χ4n) is 1.53. The molecule has 2 rings (SSSR count). The van der Waals surface area contributed by atoms with Crippen LogP contribution < -0.4 is 5.32 Å². The van der Waals surface area contributed by atoms with Gasteiger partial charge in [-0.05, 0) is 0 Å². The lowest BCUT2D eigenvalue weighted by atomic mass is 10.3. The normalized spacial score (nSPS) is 21.6. The predicted octanol–water partition coefficient (Wildman–Crippen LogP) is 0.304. The fourth-order valence-corrected chi connectivity index (χ4v) is 2.27. The monoisotopic (exact) mass is 239 g/mol. The second-order valence-corrected chi connectivity index (χ2v) is 4.54. The maximum atomic E-state index is 8.78. The van der Waals surface area contributed by atoms with E-state index in [1.807, 2.05) is 7.05 Å². The standard InChI is InChI=1S/C9H13N5OS/c1-11-9-13-12-8(16-9)6-14-2-3-15-7(4-10)5-14/h7H,2-3,5-6H2,1H3,(H,11,13). The first-order valence-electron chi connectivity index (χ1n) is 5.05. The smallest absolute Gasteiger partial charge is 0.205 e. The van der Waals surface area contributed by atoms with Crippen LogP contribution in [0.4, 0.5) is 5.13 Å². The molecule has 1 aliphatic rings. The van der Waals surface area contributed by atoms with E-state index in [1.165, 1.54) is 11.3 Å². The number of hydrogen-bond donors (Lipinski definition) is 1. The molecule has 0 aliphatic carbocycles. The lowest BCUT2D eigenvalue weighted by Crippen LogP contribution is -2.41. The third-order valence-electron chi connectivity index (χ3n) is 2.33. The molecule has 0 aromatic carbocycles. The molecule has 7 heteroatoms. The molecule has 1 aliphatic heterocycles. The molecule has 1 N–H and O–H groups in total. The van der Waals surface area contributed by atoms with Gasteiger partial charge in [0.1, 0.15) is 5.01 Å². The highest BCUT2D eigenvalue weighted by Gasteiger charge is 2.20. The Kier molecular flexibility index (Phi) is 3.66. The predicted molar refractivity (Wildman–Crippen MR) is 60.1 cm³/mol. The van der Waals surface area contributed by atoms with Gasteiger partial charge in [-0.25, -0.2) is 0 Å². The van der Waals surface area contributed by atoms with Gasteiger partial charge in [0, 0.05) is 20.1 Å². The van der Waals surface area contributed by atoms with Crippen molar-refractivity contribution in [2.45, 2.75) is 12.6 Å². The topological polar surface area (TPSA) is 74.1 Å². The van der Waals surface area contributed by atoms with E-state index in [1.54, 1.807) is 0 Å². The highest BCUT2D eigenvalue weighted by atomic mass is 32.1. The van der Waals surface area contributed by atoms with Crippen molar-refractivity contribution in [2.24, 2.45) is 0 Å². The first-order valence-corrected chi connectivity index (χ1v) is 5.87. The van der Waals surface area contributed by atoms with E-state index in [9.17, 15) is 0 Å². The van der Waals surface area contributed by atoms with Gasteiger partial charge in [-0.3, -0.25) is 4.90 Å². The Morgan fingerprint density at radius 3 is 3.25 bits per heavy atom. The molecule has 1 aromatic heterocycles. The van der Waals surface area contributed by atoms with Crippen LogP contribution in [0, 0.1) is 11.3 Å². The summed E-state index contributed by atoms with van der Waals surface area (Å²) < 4.78 is 5.27. The Morgan fingerprint density at radius 1 is 1.69 bits per heavy atom. The fraction of sp³-hybridized carbons (Fsp3) is 0.667. The molecule has 1 atom stereocenters. The Labute approximate surface area is 97.8 Å². The molecule has 0 spiro atoms. The van der Waals surface area contributed by atoms with Crippen LogP contribution in [0.15, 0.2) is 0 Å². The number of aromatic nitrogens is 2. The molecule has 1 unspecified atom stereocenters. The minimum atomic E-state index is -0.314. The van der Waals surface area contributed by atoms with Gasteiger partial charge in [0.05, 0.1) is 19.2 Å². The van der Waals surface area contributed by atoms with Gasteiger partial charge in [-0.2, -0.15) is 5.26 Å². The molecule has 0 saturated carbocycles. The Balaban J connectivity index is 1.91. The number of hydrogen-bond acceptors (Lipinski definition) is 7. The third-order valence-corrected chi connectivity index (χ3v) is 3.26. The van der Waals surface area contributed by atoms with Crippen LogP contribution in [0.5, 0.6) is 0 Å². The minimum absolute atomic E-state index is 0.314. The first kappa shape index (κ1) is 11.3. The van der Waals surface area contributed by atoms with Crippen molar-refractivity contribution in [1.82, 2.24) is 15.1 Å². The largest absolute Gasteiger partial charge is 0.363 e. The van der Waals surface area contributed by atoms with Crippen molar-refractivity contribution < 1.29 is 4.74 Å². The molecule has 0 radical (unpaired) electrons. The van der Waals surface area contributed by atoms with Gasteiger partial charge < -0.3 is 10.1 Å². The van der Waals surface area contributed by atoms with Crippen LogP contribution in [0.25, 0.3) is 0 Å². The Morgan fingerprint density at radius 2 is 2.56 bits per heavy atom. The van der Waals surface area contributed by atoms with Crippen molar-refractivity contribution in [2.75, 3.05) is 32.1 Å². The number of nitriles is 1. The molecule has 2 heterocycles. The van der Waals surface area contributed by atoms with Crippen LogP contribution >= 0.6 is 11.3 Å². The van der Waals surface area contributed by atoms with Crippen LogP contribution in [-0.2, 0) is 11.3 Å². The summed E-state index contributed by atoms with van der Waals surface area (Å²) in [6.07, 6.45) is -0.314. The van der Waals surface area contributed by atoms with Crippen LogP contribution in [0.1, 0.15) is 5.01 Å². The summed E-state index contributed by atoms with van der Waals surface area (Å²) in [7, 11) is 1.82. The second kappa shape index (κ2) is 5.21. The summed E-state index contributed by atoms with van der Waals surface area (Å²) in [5.41, 5.74) is 0. The van der Waals surface area contributed by atoms with E-state index in [0.717, 1.165) is 23.2 Å². The molecule has 1 aromatic rings. The Hall–Kier alpha value is -1.23. The van der Waals surface area contributed by atoms with E-state index in [4.69, 9.17) is 10.00 Å². The summed E-state index contributed by atoms with van der Waals surface area (Å²) in [6.45, 7) is 2.83. The number of nitrogens with zero attached hydrogens (tertiary/aromatic N) is 4. The van der Waals surface area contributed by atoms with E-state index in [0.29, 0.717) is 13.2 Å².